The van der Waals surface area contributed by atoms with Crippen molar-refractivity contribution in [2.24, 2.45) is 0 Å². The maximum atomic E-state index is 12.9. The molecule has 0 saturated carbocycles. The lowest BCUT2D eigenvalue weighted by Crippen LogP contribution is -2.47. The topological polar surface area (TPSA) is 125 Å². The van der Waals surface area contributed by atoms with Crippen LogP contribution in [0.3, 0.4) is 0 Å². The Hall–Kier alpha value is -2.28. The number of hydrogen-bond acceptors (Lipinski definition) is 8. The summed E-state index contributed by atoms with van der Waals surface area (Å²) in [6, 6.07) is 3.04. The summed E-state index contributed by atoms with van der Waals surface area (Å²) in [5, 5.41) is 14.5. The van der Waals surface area contributed by atoms with Gasteiger partial charge in [0.15, 0.2) is 0 Å². The maximum Gasteiger partial charge on any atom is 0.293 e. The average Bonchev–Trinajstić information content (AvgIpc) is 2.74. The molecule has 2 aliphatic rings. The first-order valence-corrected chi connectivity index (χ1v) is 11.2. The van der Waals surface area contributed by atoms with Crippen molar-refractivity contribution in [3.8, 4) is 0 Å². The van der Waals surface area contributed by atoms with Crippen LogP contribution in [0.15, 0.2) is 23.1 Å². The second-order valence-corrected chi connectivity index (χ2v) is 9.39. The highest BCUT2D eigenvalue weighted by Gasteiger charge is 2.30. The minimum Gasteiger partial charge on any atom is -0.378 e. The molecule has 1 N–H and O–H groups in total. The van der Waals surface area contributed by atoms with Crippen molar-refractivity contribution in [1.29, 1.82) is 0 Å². The summed E-state index contributed by atoms with van der Waals surface area (Å²) < 4.78 is 32.4. The van der Waals surface area contributed by atoms with Crippen LogP contribution in [0.4, 0.5) is 11.4 Å². The molecule has 1 aromatic rings. The van der Waals surface area contributed by atoms with Crippen LogP contribution in [0.25, 0.3) is 0 Å². The summed E-state index contributed by atoms with van der Waals surface area (Å²) in [4.78, 5) is 27.1. The standard InChI is InChI=1S/C18H27N5O6S/c1-14(18(24)21-9-11-29-12-10-21)19-16-4-3-15(13-17(16)23(25)26)30(27,28)22-7-5-20(2)6-8-22/h3-4,13-14,19H,5-12H2,1-2H3. The van der Waals surface area contributed by atoms with E-state index in [9.17, 15) is 23.3 Å². The third-order valence-electron chi connectivity index (χ3n) is 5.33. The van der Waals surface area contributed by atoms with Crippen LogP contribution < -0.4 is 5.32 Å². The molecule has 2 fully saturated rings. The summed E-state index contributed by atoms with van der Waals surface area (Å²) in [6.07, 6.45) is 0. The molecular weight excluding hydrogens is 414 g/mol. The number of carbonyl (C=O) groups is 1. The van der Waals surface area contributed by atoms with Gasteiger partial charge in [0.2, 0.25) is 15.9 Å². The predicted molar refractivity (Wildman–Crippen MR) is 110 cm³/mol. The van der Waals surface area contributed by atoms with Crippen LogP contribution >= 0.6 is 0 Å². The number of nitro benzene ring substituents is 1. The van der Waals surface area contributed by atoms with Crippen LogP contribution in [-0.2, 0) is 19.6 Å². The number of morpholine rings is 1. The molecule has 1 amide bonds. The molecule has 2 saturated heterocycles. The third-order valence-corrected chi connectivity index (χ3v) is 7.23. The predicted octanol–water partition coefficient (Wildman–Crippen LogP) is 0.190. The number of likely N-dealkylation sites (N-methyl/N-ethyl adjacent to an activating group) is 1. The highest BCUT2D eigenvalue weighted by Crippen LogP contribution is 2.30. The molecule has 0 aliphatic carbocycles. The quantitative estimate of drug-likeness (QED) is 0.490. The number of nitrogens with zero attached hydrogens (tertiary/aromatic N) is 4. The number of rotatable bonds is 6. The van der Waals surface area contributed by atoms with E-state index in [1.807, 2.05) is 11.9 Å². The molecular formula is C18H27N5O6S. The van der Waals surface area contributed by atoms with Crippen LogP contribution in [-0.4, -0.2) is 98.9 Å². The molecule has 0 bridgehead atoms. The van der Waals surface area contributed by atoms with Crippen LogP contribution in [0.1, 0.15) is 6.92 Å². The van der Waals surface area contributed by atoms with Crippen LogP contribution in [0.5, 0.6) is 0 Å². The van der Waals surface area contributed by atoms with Crippen molar-refractivity contribution >= 4 is 27.3 Å². The largest absolute Gasteiger partial charge is 0.378 e. The van der Waals surface area contributed by atoms with Crippen molar-refractivity contribution in [2.75, 3.05) is 64.8 Å². The lowest BCUT2D eigenvalue weighted by atomic mass is 10.2. The zero-order chi connectivity index (χ0) is 21.9. The molecule has 2 heterocycles. The van der Waals surface area contributed by atoms with E-state index >= 15 is 0 Å². The van der Waals surface area contributed by atoms with Crippen molar-refractivity contribution in [2.45, 2.75) is 17.9 Å². The number of piperazine rings is 1. The Kier molecular flexibility index (Phi) is 6.91. The lowest BCUT2D eigenvalue weighted by molar-refractivity contribution is -0.384. The van der Waals surface area contributed by atoms with E-state index in [-0.39, 0.29) is 22.2 Å². The summed E-state index contributed by atoms with van der Waals surface area (Å²) in [6.45, 7) is 5.33. The normalized spacial score (nSPS) is 20.0. The number of anilines is 1. The summed E-state index contributed by atoms with van der Waals surface area (Å²) >= 11 is 0. The fourth-order valence-electron chi connectivity index (χ4n) is 3.48. The molecule has 12 heteroatoms. The van der Waals surface area contributed by atoms with E-state index in [1.54, 1.807) is 11.8 Å². The van der Waals surface area contributed by atoms with Crippen LogP contribution in [0, 0.1) is 10.1 Å². The van der Waals surface area contributed by atoms with Crippen LogP contribution in [0.2, 0.25) is 0 Å². The Morgan fingerprint density at radius 1 is 1.17 bits per heavy atom. The van der Waals surface area contributed by atoms with Gasteiger partial charge in [0, 0.05) is 45.3 Å². The average molecular weight is 442 g/mol. The second-order valence-electron chi connectivity index (χ2n) is 7.45. The monoisotopic (exact) mass is 441 g/mol. The number of hydrogen-bond donors (Lipinski definition) is 1. The first-order chi connectivity index (χ1) is 14.2. The fourth-order valence-corrected chi connectivity index (χ4v) is 4.92. The van der Waals surface area contributed by atoms with Gasteiger partial charge in [-0.15, -0.1) is 0 Å². The molecule has 3 rings (SSSR count). The Balaban J connectivity index is 1.79. The molecule has 2 aliphatic heterocycles. The highest BCUT2D eigenvalue weighted by molar-refractivity contribution is 7.89. The highest BCUT2D eigenvalue weighted by atomic mass is 32.2. The van der Waals surface area contributed by atoms with Crippen molar-refractivity contribution in [1.82, 2.24) is 14.1 Å². The Morgan fingerprint density at radius 2 is 1.80 bits per heavy atom. The molecule has 30 heavy (non-hydrogen) atoms. The van der Waals surface area contributed by atoms with E-state index in [0.717, 1.165) is 6.07 Å². The maximum absolute atomic E-state index is 12.9. The van der Waals surface area contributed by atoms with Gasteiger partial charge in [0.25, 0.3) is 5.69 Å². The fraction of sp³-hybridized carbons (Fsp3) is 0.611. The Morgan fingerprint density at radius 3 is 2.40 bits per heavy atom. The van der Waals surface area contributed by atoms with Crippen molar-refractivity contribution < 1.29 is 22.9 Å². The van der Waals surface area contributed by atoms with Gasteiger partial charge in [-0.05, 0) is 26.1 Å². The van der Waals surface area contributed by atoms with Gasteiger partial charge in [-0.2, -0.15) is 4.31 Å². The van der Waals surface area contributed by atoms with E-state index in [4.69, 9.17) is 4.74 Å². The summed E-state index contributed by atoms with van der Waals surface area (Å²) in [5.74, 6) is -0.193. The van der Waals surface area contributed by atoms with Gasteiger partial charge in [-0.3, -0.25) is 14.9 Å². The number of benzene rings is 1. The molecule has 11 nitrogen and oxygen atoms in total. The molecule has 0 spiro atoms. The van der Waals surface area contributed by atoms with Gasteiger partial charge in [-0.1, -0.05) is 0 Å². The van der Waals surface area contributed by atoms with E-state index in [0.29, 0.717) is 52.5 Å². The zero-order valence-corrected chi connectivity index (χ0v) is 17.9. The number of ether oxygens (including phenoxy) is 1. The molecule has 166 valence electrons. The summed E-state index contributed by atoms with van der Waals surface area (Å²) in [7, 11) is -1.92. The minimum atomic E-state index is -3.83. The number of carbonyl (C=O) groups excluding carboxylic acids is 1. The van der Waals surface area contributed by atoms with Crippen molar-refractivity contribution in [3.63, 3.8) is 0 Å². The smallest absolute Gasteiger partial charge is 0.293 e. The zero-order valence-electron chi connectivity index (χ0n) is 17.1. The summed E-state index contributed by atoms with van der Waals surface area (Å²) in [5.41, 5.74) is -0.279. The molecule has 1 unspecified atom stereocenters. The number of sulfonamides is 1. The van der Waals surface area contributed by atoms with E-state index < -0.39 is 21.0 Å². The molecule has 0 aromatic heterocycles. The Labute approximate surface area is 175 Å². The third kappa shape index (κ3) is 4.89. The number of nitro groups is 1. The molecule has 0 radical (unpaired) electrons. The van der Waals surface area contributed by atoms with Gasteiger partial charge in [0.05, 0.1) is 23.0 Å². The minimum absolute atomic E-state index is 0.103. The van der Waals surface area contributed by atoms with Gasteiger partial charge in [0.1, 0.15) is 11.7 Å². The first-order valence-electron chi connectivity index (χ1n) is 9.80. The van der Waals surface area contributed by atoms with E-state index in [1.165, 1.54) is 16.4 Å². The lowest BCUT2D eigenvalue weighted by Gasteiger charge is -2.31. The first kappa shape index (κ1) is 22.4. The Bertz CT molecular complexity index is 894. The number of amides is 1. The van der Waals surface area contributed by atoms with Gasteiger partial charge >= 0.3 is 0 Å². The SMILES string of the molecule is CC(Nc1ccc(S(=O)(=O)N2CCN(C)CC2)cc1[N+](=O)[O-])C(=O)N1CCOCC1. The van der Waals surface area contributed by atoms with Gasteiger partial charge in [-0.25, -0.2) is 8.42 Å². The number of nitrogens with one attached hydrogen (secondary N) is 1. The van der Waals surface area contributed by atoms with Crippen molar-refractivity contribution in [3.05, 3.63) is 28.3 Å². The van der Waals surface area contributed by atoms with E-state index in [2.05, 4.69) is 5.32 Å². The van der Waals surface area contributed by atoms with Gasteiger partial charge < -0.3 is 19.9 Å². The molecule has 1 aromatic carbocycles. The molecule has 1 atom stereocenters. The second kappa shape index (κ2) is 9.25.